The number of benzene rings is 2. The Kier molecular flexibility index (Phi) is 11.2. The number of aromatic nitrogens is 4. The van der Waals surface area contributed by atoms with Crippen LogP contribution in [0.1, 0.15) is 49.8 Å². The Labute approximate surface area is 302 Å². The molecule has 15 heteroatoms. The molecule has 278 valence electrons. The molecule has 7 rings (SSSR count). The summed E-state index contributed by atoms with van der Waals surface area (Å²) in [6.45, 7) is 5.78. The molecule has 3 aliphatic rings. The van der Waals surface area contributed by atoms with Crippen molar-refractivity contribution in [3.05, 3.63) is 107 Å². The van der Waals surface area contributed by atoms with Gasteiger partial charge in [-0.05, 0) is 43.2 Å². The highest BCUT2D eigenvalue weighted by molar-refractivity contribution is 6.04. The average Bonchev–Trinajstić information content (AvgIpc) is 3.79. The molecule has 5 heterocycles. The van der Waals surface area contributed by atoms with Crippen molar-refractivity contribution in [2.75, 3.05) is 51.2 Å². The summed E-state index contributed by atoms with van der Waals surface area (Å²) in [6, 6.07) is 17.6. The molecule has 2 aromatic heterocycles. The number of alkyl halides is 3. The third-order valence-electron chi connectivity index (χ3n) is 9.56. The van der Waals surface area contributed by atoms with Crippen LogP contribution in [0.2, 0.25) is 0 Å². The van der Waals surface area contributed by atoms with Crippen molar-refractivity contribution in [1.29, 1.82) is 0 Å². The largest absolute Gasteiger partial charge is 0.380 e. The van der Waals surface area contributed by atoms with Gasteiger partial charge in [0.1, 0.15) is 17.6 Å². The number of nitrogens with zero attached hydrogens (tertiary/aromatic N) is 6. The molecule has 3 amide bonds. The molecule has 0 saturated carbocycles. The van der Waals surface area contributed by atoms with Crippen LogP contribution in [0.3, 0.4) is 0 Å². The number of hydrogen-bond donors (Lipinski definition) is 2. The molecule has 12 nitrogen and oxygen atoms in total. The van der Waals surface area contributed by atoms with Gasteiger partial charge in [0.15, 0.2) is 6.80 Å². The zero-order chi connectivity index (χ0) is 36.8. The molecule has 3 aliphatic heterocycles. The summed E-state index contributed by atoms with van der Waals surface area (Å²) in [7, 11) is 0. The predicted octanol–water partition coefficient (Wildman–Crippen LogP) is 4.56. The summed E-state index contributed by atoms with van der Waals surface area (Å²) in [5.74, 6) is -1.03. The summed E-state index contributed by atoms with van der Waals surface area (Å²) in [5, 5.41) is 14.7. The number of hydrogen-bond acceptors (Lipinski definition) is 7. The normalized spacial score (nSPS) is 19.2. The second-order valence-corrected chi connectivity index (χ2v) is 13.0. The van der Waals surface area contributed by atoms with E-state index in [0.29, 0.717) is 24.5 Å². The zero-order valence-corrected chi connectivity index (χ0v) is 29.0. The number of amides is 3. The van der Waals surface area contributed by atoms with Gasteiger partial charge in [0.2, 0.25) is 12.8 Å². The molecule has 0 radical (unpaired) electrons. The Hall–Kier alpha value is -5.28. The number of nitrogens with one attached hydrogen (secondary N) is 2. The van der Waals surface area contributed by atoms with E-state index < -0.39 is 31.6 Å². The Balaban J connectivity index is 0.00000126. The summed E-state index contributed by atoms with van der Waals surface area (Å²) < 4.78 is 40.6. The summed E-state index contributed by atoms with van der Waals surface area (Å²) >= 11 is 0. The van der Waals surface area contributed by atoms with Crippen LogP contribution in [0, 0.1) is 5.41 Å². The lowest BCUT2D eigenvalue weighted by molar-refractivity contribution is -0.186. The highest BCUT2D eigenvalue weighted by Gasteiger charge is 2.49. The fraction of sp³-hybridized carbons (Fsp3) is 0.378. The van der Waals surface area contributed by atoms with E-state index in [2.05, 4.69) is 20.6 Å². The fourth-order valence-electron chi connectivity index (χ4n) is 7.10. The molecule has 4 aromatic rings. The molecule has 2 fully saturated rings. The molecular weight excluding hydrogens is 677 g/mol. The fourth-order valence-corrected chi connectivity index (χ4v) is 7.10. The minimum Gasteiger partial charge on any atom is -0.380 e. The molecule has 2 aromatic carbocycles. The van der Waals surface area contributed by atoms with Gasteiger partial charge in [-0.15, -0.1) is 0 Å². The van der Waals surface area contributed by atoms with Crippen LogP contribution in [0.15, 0.2) is 84.7 Å². The number of allylic oxidation sites excluding steroid dienone is 1. The van der Waals surface area contributed by atoms with Gasteiger partial charge in [-0.3, -0.25) is 24.2 Å². The van der Waals surface area contributed by atoms with E-state index in [1.165, 1.54) is 12.3 Å². The Morgan fingerprint density at radius 1 is 1.08 bits per heavy atom. The standard InChI is InChI=1S/C36H39FN8O4.CH2F2.2H2/c1-3-25(18-42-19-36(20-42)21-49-22-36)32(46)38-16-24-9-8-10-26(15-24)30-28-17-39-45(27-11-6-5-7-12-27)34(28)44(4-2)35(48)31(30)40-33(47)29-13-14-43(23-37)41-29;2-1-3;;/h3,5-15,17,30-31H,4,16,18-23H2,1-2H3,(H,38,46)(H,40,47);1H2;2*1H/b25-3+;;;/t30-,31+;;;/m1.../s1. The predicted molar refractivity (Wildman–Crippen MR) is 191 cm³/mol. The third kappa shape index (κ3) is 7.37. The lowest BCUT2D eigenvalue weighted by Gasteiger charge is -2.55. The second-order valence-electron chi connectivity index (χ2n) is 13.0. The van der Waals surface area contributed by atoms with Gasteiger partial charge in [0.05, 0.1) is 25.1 Å². The maximum absolute atomic E-state index is 14.3. The van der Waals surface area contributed by atoms with Crippen LogP contribution in [-0.4, -0.2) is 94.5 Å². The van der Waals surface area contributed by atoms with E-state index in [4.69, 9.17) is 9.84 Å². The topological polar surface area (TPSA) is 127 Å². The number of ether oxygens (including phenoxy) is 1. The van der Waals surface area contributed by atoms with Crippen molar-refractivity contribution in [2.24, 2.45) is 5.41 Å². The van der Waals surface area contributed by atoms with Gasteiger partial charge in [-0.25, -0.2) is 22.5 Å². The molecule has 0 unspecified atom stereocenters. The van der Waals surface area contributed by atoms with Gasteiger partial charge in [0, 0.05) is 64.2 Å². The van der Waals surface area contributed by atoms with Crippen molar-refractivity contribution in [3.63, 3.8) is 0 Å². The molecule has 0 bridgehead atoms. The highest BCUT2D eigenvalue weighted by Crippen LogP contribution is 2.42. The number of likely N-dealkylation sites (tertiary alicyclic amines) is 1. The number of likely N-dealkylation sites (N-methyl/N-ethyl adjacent to an activating group) is 1. The molecule has 0 aliphatic carbocycles. The number of para-hydroxylation sites is 1. The third-order valence-corrected chi connectivity index (χ3v) is 9.56. The molecule has 2 atom stereocenters. The number of anilines is 1. The minimum atomic E-state index is -1.75. The number of halogens is 3. The first-order valence-electron chi connectivity index (χ1n) is 17.0. The maximum Gasteiger partial charge on any atom is 0.272 e. The number of rotatable bonds is 11. The van der Waals surface area contributed by atoms with Crippen LogP contribution in [-0.2, 0) is 27.7 Å². The first kappa shape index (κ1) is 36.5. The van der Waals surface area contributed by atoms with Gasteiger partial charge in [0.25, 0.3) is 11.8 Å². The van der Waals surface area contributed by atoms with Crippen LogP contribution in [0.25, 0.3) is 5.69 Å². The van der Waals surface area contributed by atoms with Gasteiger partial charge >= 0.3 is 0 Å². The average molecular weight is 723 g/mol. The van der Waals surface area contributed by atoms with Crippen LogP contribution in [0.4, 0.5) is 19.0 Å². The van der Waals surface area contributed by atoms with Gasteiger partial charge in [-0.1, -0.05) is 48.5 Å². The van der Waals surface area contributed by atoms with Crippen molar-refractivity contribution in [2.45, 2.75) is 39.2 Å². The van der Waals surface area contributed by atoms with Crippen molar-refractivity contribution >= 4 is 23.5 Å². The monoisotopic (exact) mass is 722 g/mol. The van der Waals surface area contributed by atoms with Gasteiger partial charge in [-0.2, -0.15) is 10.2 Å². The van der Waals surface area contributed by atoms with Crippen molar-refractivity contribution < 1.29 is 35.1 Å². The SMILES string of the molecule is C/C=C(\CN1CC2(COC2)C1)C(=O)NCc1cccc([C@@H]2c3cnn(-c4ccccc4)c3N(CC)C(=O)[C@H]2NC(=O)c2ccn(CF)n2)c1.FCF.[HH].[HH]. The van der Waals surface area contributed by atoms with E-state index in [-0.39, 0.29) is 32.3 Å². The summed E-state index contributed by atoms with van der Waals surface area (Å²) in [5.41, 5.74) is 4.14. The minimum absolute atomic E-state index is 0. The molecule has 1 spiro atoms. The zero-order valence-electron chi connectivity index (χ0n) is 29.0. The smallest absolute Gasteiger partial charge is 0.272 e. The van der Waals surface area contributed by atoms with E-state index in [0.717, 1.165) is 53.4 Å². The summed E-state index contributed by atoms with van der Waals surface area (Å²) in [4.78, 5) is 44.9. The first-order chi connectivity index (χ1) is 25.2. The lowest BCUT2D eigenvalue weighted by Crippen LogP contribution is -2.66. The number of carbonyl (C=O) groups excluding carboxylic acids is 3. The van der Waals surface area contributed by atoms with Crippen molar-refractivity contribution in [3.8, 4) is 5.69 Å². The Morgan fingerprint density at radius 3 is 2.46 bits per heavy atom. The highest BCUT2D eigenvalue weighted by atomic mass is 19.3. The molecule has 52 heavy (non-hydrogen) atoms. The quantitative estimate of drug-likeness (QED) is 0.218. The van der Waals surface area contributed by atoms with Crippen LogP contribution >= 0.6 is 0 Å². The summed E-state index contributed by atoms with van der Waals surface area (Å²) in [6.07, 6.45) is 4.97. The van der Waals surface area contributed by atoms with E-state index in [1.54, 1.807) is 15.8 Å². The number of carbonyl (C=O) groups is 3. The van der Waals surface area contributed by atoms with Gasteiger partial charge < -0.3 is 15.4 Å². The van der Waals surface area contributed by atoms with Crippen LogP contribution in [0.5, 0.6) is 0 Å². The first-order valence-corrected chi connectivity index (χ1v) is 17.0. The van der Waals surface area contributed by atoms with Crippen LogP contribution < -0.4 is 15.5 Å². The van der Waals surface area contributed by atoms with Crippen molar-refractivity contribution in [1.82, 2.24) is 35.1 Å². The molecule has 2 N–H and O–H groups in total. The van der Waals surface area contributed by atoms with E-state index in [9.17, 15) is 27.6 Å². The maximum atomic E-state index is 14.3. The van der Waals surface area contributed by atoms with E-state index in [1.807, 2.05) is 74.5 Å². The molecule has 2 saturated heterocycles. The Morgan fingerprint density at radius 2 is 1.83 bits per heavy atom. The second kappa shape index (κ2) is 15.9. The number of fused-ring (bicyclic) bond motifs is 1. The lowest BCUT2D eigenvalue weighted by atomic mass is 9.78. The molecular formula is C37H45F3N8O4. The van der Waals surface area contributed by atoms with E-state index >= 15 is 0 Å². The Bertz CT molecular complexity index is 1930.